The van der Waals surface area contributed by atoms with E-state index in [4.69, 9.17) is 4.74 Å². The summed E-state index contributed by atoms with van der Waals surface area (Å²) >= 11 is 0. The topological polar surface area (TPSA) is 58.6 Å². The maximum atomic E-state index is 12.5. The van der Waals surface area contributed by atoms with Crippen LogP contribution in [-0.2, 0) is 9.59 Å². The summed E-state index contributed by atoms with van der Waals surface area (Å²) in [7, 11) is 0. The van der Waals surface area contributed by atoms with Gasteiger partial charge in [-0.1, -0.05) is 49.4 Å². The lowest BCUT2D eigenvalue weighted by atomic mass is 9.96. The van der Waals surface area contributed by atoms with Crippen LogP contribution in [0.1, 0.15) is 38.2 Å². The van der Waals surface area contributed by atoms with E-state index in [-0.39, 0.29) is 18.2 Å². The lowest BCUT2D eigenvalue weighted by Gasteiger charge is -2.32. The molecule has 1 N–H and O–H groups in total. The smallest absolute Gasteiger partial charge is 0.267 e. The normalized spacial score (nSPS) is 17.0. The molecule has 5 nitrogen and oxygen atoms in total. The molecule has 2 aromatic rings. The van der Waals surface area contributed by atoms with Gasteiger partial charge in [0, 0.05) is 25.4 Å². The number of nitrogens with zero attached hydrogens (tertiary/aromatic N) is 1. The van der Waals surface area contributed by atoms with Crippen molar-refractivity contribution in [1.29, 1.82) is 0 Å². The fourth-order valence-corrected chi connectivity index (χ4v) is 3.35. The molecular formula is C22H26N2O3. The van der Waals surface area contributed by atoms with Gasteiger partial charge in [0.15, 0.2) is 6.10 Å². The Labute approximate surface area is 160 Å². The first kappa shape index (κ1) is 19.0. The van der Waals surface area contributed by atoms with Gasteiger partial charge in [0.2, 0.25) is 5.91 Å². The third-order valence-electron chi connectivity index (χ3n) is 4.95. The van der Waals surface area contributed by atoms with Gasteiger partial charge in [-0.05, 0) is 31.0 Å². The van der Waals surface area contributed by atoms with Crippen molar-refractivity contribution in [1.82, 2.24) is 5.32 Å². The molecule has 0 aromatic heterocycles. The van der Waals surface area contributed by atoms with E-state index in [0.29, 0.717) is 24.8 Å². The highest BCUT2D eigenvalue weighted by Gasteiger charge is 2.31. The van der Waals surface area contributed by atoms with Crippen LogP contribution in [0.2, 0.25) is 0 Å². The Hall–Kier alpha value is -2.82. The molecule has 3 rings (SSSR count). The number of nitrogens with one attached hydrogen (secondary N) is 1. The van der Waals surface area contributed by atoms with Crippen LogP contribution in [-0.4, -0.2) is 31.0 Å². The summed E-state index contributed by atoms with van der Waals surface area (Å²) < 4.78 is 5.63. The SMILES string of the molecule is CC[C@H](CNC(=O)CCN1C(=O)[C@@H](C)Oc2ccccc21)c1ccccc1. The van der Waals surface area contributed by atoms with Crippen LogP contribution in [0.5, 0.6) is 5.75 Å². The van der Waals surface area contributed by atoms with Crippen LogP contribution >= 0.6 is 0 Å². The van der Waals surface area contributed by atoms with E-state index in [9.17, 15) is 9.59 Å². The minimum absolute atomic E-state index is 0.0474. The average molecular weight is 366 g/mol. The summed E-state index contributed by atoms with van der Waals surface area (Å²) in [6, 6.07) is 17.6. The van der Waals surface area contributed by atoms with E-state index in [1.54, 1.807) is 11.8 Å². The molecule has 0 aliphatic carbocycles. The lowest BCUT2D eigenvalue weighted by molar-refractivity contribution is -0.125. The largest absolute Gasteiger partial charge is 0.479 e. The van der Waals surface area contributed by atoms with Gasteiger partial charge < -0.3 is 15.0 Å². The Morgan fingerprint density at radius 1 is 1.15 bits per heavy atom. The molecule has 142 valence electrons. The first-order chi connectivity index (χ1) is 13.1. The minimum atomic E-state index is -0.537. The van der Waals surface area contributed by atoms with Gasteiger partial charge in [-0.2, -0.15) is 0 Å². The second kappa shape index (κ2) is 8.71. The molecule has 0 saturated heterocycles. The van der Waals surface area contributed by atoms with Crippen molar-refractivity contribution in [2.24, 2.45) is 0 Å². The fourth-order valence-electron chi connectivity index (χ4n) is 3.35. The molecule has 0 saturated carbocycles. The molecule has 0 bridgehead atoms. The molecule has 0 unspecified atom stereocenters. The van der Waals surface area contributed by atoms with Gasteiger partial charge in [0.25, 0.3) is 5.91 Å². The maximum absolute atomic E-state index is 12.5. The zero-order chi connectivity index (χ0) is 19.2. The molecule has 2 atom stereocenters. The zero-order valence-electron chi connectivity index (χ0n) is 15.9. The zero-order valence-corrected chi connectivity index (χ0v) is 15.9. The van der Waals surface area contributed by atoms with Crippen LogP contribution in [0, 0.1) is 0 Å². The van der Waals surface area contributed by atoms with Crippen LogP contribution in [0.4, 0.5) is 5.69 Å². The third-order valence-corrected chi connectivity index (χ3v) is 4.95. The number of fused-ring (bicyclic) bond motifs is 1. The third kappa shape index (κ3) is 4.48. The van der Waals surface area contributed by atoms with Gasteiger partial charge in [0.05, 0.1) is 5.69 Å². The summed E-state index contributed by atoms with van der Waals surface area (Å²) in [5.74, 6) is 0.812. The standard InChI is InChI=1S/C22H26N2O3/c1-3-17(18-9-5-4-6-10-18)15-23-21(25)13-14-24-19-11-7-8-12-20(19)27-16(2)22(24)26/h4-12,16-17H,3,13-15H2,1-2H3,(H,23,25)/t16-,17-/m1/s1. The van der Waals surface area contributed by atoms with Gasteiger partial charge in [-0.3, -0.25) is 9.59 Å². The molecule has 2 aromatic carbocycles. The summed E-state index contributed by atoms with van der Waals surface area (Å²) in [4.78, 5) is 26.5. The second-order valence-corrected chi connectivity index (χ2v) is 6.79. The highest BCUT2D eigenvalue weighted by atomic mass is 16.5. The molecular weight excluding hydrogens is 340 g/mol. The van der Waals surface area contributed by atoms with E-state index in [1.165, 1.54) is 5.56 Å². The number of benzene rings is 2. The Morgan fingerprint density at radius 2 is 1.85 bits per heavy atom. The van der Waals surface area contributed by atoms with Crippen LogP contribution in [0.15, 0.2) is 54.6 Å². The van der Waals surface area contributed by atoms with Crippen LogP contribution in [0.3, 0.4) is 0 Å². The first-order valence-electron chi connectivity index (χ1n) is 9.48. The monoisotopic (exact) mass is 366 g/mol. The Kier molecular flexibility index (Phi) is 6.12. The molecule has 0 fully saturated rings. The van der Waals surface area contributed by atoms with E-state index >= 15 is 0 Å². The Balaban J connectivity index is 1.57. The molecule has 5 heteroatoms. The molecule has 0 spiro atoms. The van der Waals surface area contributed by atoms with Crippen molar-refractivity contribution >= 4 is 17.5 Å². The quantitative estimate of drug-likeness (QED) is 0.816. The molecule has 0 radical (unpaired) electrons. The number of hydrogen-bond donors (Lipinski definition) is 1. The van der Waals surface area contributed by atoms with E-state index < -0.39 is 6.10 Å². The van der Waals surface area contributed by atoms with E-state index in [0.717, 1.165) is 12.1 Å². The number of carbonyl (C=O) groups excluding carboxylic acids is 2. The van der Waals surface area contributed by atoms with Gasteiger partial charge >= 0.3 is 0 Å². The minimum Gasteiger partial charge on any atom is -0.479 e. The highest BCUT2D eigenvalue weighted by molar-refractivity contribution is 6.00. The maximum Gasteiger partial charge on any atom is 0.267 e. The number of amides is 2. The summed E-state index contributed by atoms with van der Waals surface area (Å²) in [5.41, 5.74) is 1.95. The molecule has 1 aliphatic rings. The second-order valence-electron chi connectivity index (χ2n) is 6.79. The Bertz CT molecular complexity index is 791. The molecule has 1 heterocycles. The highest BCUT2D eigenvalue weighted by Crippen LogP contribution is 2.33. The predicted molar refractivity (Wildman–Crippen MR) is 106 cm³/mol. The number of rotatable bonds is 7. The van der Waals surface area contributed by atoms with Crippen molar-refractivity contribution in [2.75, 3.05) is 18.0 Å². The number of anilines is 1. The van der Waals surface area contributed by atoms with Crippen molar-refractivity contribution in [2.45, 2.75) is 38.7 Å². The van der Waals surface area contributed by atoms with Crippen LogP contribution < -0.4 is 15.0 Å². The van der Waals surface area contributed by atoms with Crippen molar-refractivity contribution < 1.29 is 14.3 Å². The van der Waals surface area contributed by atoms with Gasteiger partial charge in [-0.15, -0.1) is 0 Å². The van der Waals surface area contributed by atoms with Crippen LogP contribution in [0.25, 0.3) is 0 Å². The van der Waals surface area contributed by atoms with Crippen molar-refractivity contribution in [3.05, 3.63) is 60.2 Å². The first-order valence-corrected chi connectivity index (χ1v) is 9.48. The number of para-hydroxylation sites is 2. The molecule has 2 amide bonds. The lowest BCUT2D eigenvalue weighted by Crippen LogP contribution is -2.45. The molecule has 1 aliphatic heterocycles. The van der Waals surface area contributed by atoms with Crippen molar-refractivity contribution in [3.63, 3.8) is 0 Å². The summed E-state index contributed by atoms with van der Waals surface area (Å²) in [6.07, 6.45) is 0.681. The van der Waals surface area contributed by atoms with E-state index in [1.807, 2.05) is 42.5 Å². The van der Waals surface area contributed by atoms with E-state index in [2.05, 4.69) is 24.4 Å². The molecule has 27 heavy (non-hydrogen) atoms. The average Bonchev–Trinajstić information content (AvgIpc) is 2.69. The van der Waals surface area contributed by atoms with Crippen molar-refractivity contribution in [3.8, 4) is 5.75 Å². The summed E-state index contributed by atoms with van der Waals surface area (Å²) in [5, 5.41) is 3.01. The predicted octanol–water partition coefficient (Wildman–Crippen LogP) is 3.50. The summed E-state index contributed by atoms with van der Waals surface area (Å²) in [6.45, 7) is 4.80. The Morgan fingerprint density at radius 3 is 2.59 bits per heavy atom. The van der Waals surface area contributed by atoms with Gasteiger partial charge in [-0.25, -0.2) is 0 Å². The number of carbonyl (C=O) groups is 2. The van der Waals surface area contributed by atoms with Gasteiger partial charge in [0.1, 0.15) is 5.75 Å². The fraction of sp³-hybridized carbons (Fsp3) is 0.364. The number of ether oxygens (including phenoxy) is 1. The number of hydrogen-bond acceptors (Lipinski definition) is 3.